The van der Waals surface area contributed by atoms with Crippen molar-refractivity contribution in [1.82, 2.24) is 4.98 Å². The van der Waals surface area contributed by atoms with Crippen LogP contribution in [0.5, 0.6) is 5.75 Å². The summed E-state index contributed by atoms with van der Waals surface area (Å²) in [6.45, 7) is 3.17. The number of morpholine rings is 1. The van der Waals surface area contributed by atoms with Crippen molar-refractivity contribution in [2.24, 2.45) is 0 Å². The summed E-state index contributed by atoms with van der Waals surface area (Å²) < 4.78 is 10.5. The number of nitrogens with one attached hydrogen (secondary N) is 1. The smallest absolute Gasteiger partial charge is 0.224 e. The first-order valence-electron chi connectivity index (χ1n) is 8.46. The molecule has 1 aromatic heterocycles. The average molecular weight is 341 g/mol. The van der Waals surface area contributed by atoms with Crippen LogP contribution in [-0.4, -0.2) is 44.3 Å². The molecule has 2 aromatic rings. The van der Waals surface area contributed by atoms with Crippen molar-refractivity contribution in [1.29, 1.82) is 0 Å². The second kappa shape index (κ2) is 8.48. The highest BCUT2D eigenvalue weighted by atomic mass is 16.5. The SMILES string of the molecule is COc1cccc(NC(=O)CCc2ccnc(N3CCOCC3)c2)c1. The van der Waals surface area contributed by atoms with Crippen molar-refractivity contribution in [3.05, 3.63) is 48.2 Å². The lowest BCUT2D eigenvalue weighted by molar-refractivity contribution is -0.116. The van der Waals surface area contributed by atoms with Crippen molar-refractivity contribution in [2.45, 2.75) is 12.8 Å². The Bertz CT molecular complexity index is 715. The van der Waals surface area contributed by atoms with E-state index in [0.717, 1.165) is 49.1 Å². The van der Waals surface area contributed by atoms with Crippen LogP contribution in [-0.2, 0) is 16.0 Å². The summed E-state index contributed by atoms with van der Waals surface area (Å²) in [5.74, 6) is 1.66. The standard InChI is InChI=1S/C19H23N3O3/c1-24-17-4-2-3-16(14-17)21-19(23)6-5-15-7-8-20-18(13-15)22-9-11-25-12-10-22/h2-4,7-8,13-14H,5-6,9-12H2,1H3,(H,21,23). The molecular weight excluding hydrogens is 318 g/mol. The predicted octanol–water partition coefficient (Wildman–Crippen LogP) is 2.50. The normalized spacial score (nSPS) is 14.2. The number of methoxy groups -OCH3 is 1. The molecule has 6 heteroatoms. The topological polar surface area (TPSA) is 63.7 Å². The molecule has 1 fully saturated rings. The second-order valence-corrected chi connectivity index (χ2v) is 5.90. The van der Waals surface area contributed by atoms with Gasteiger partial charge < -0.3 is 19.7 Å². The second-order valence-electron chi connectivity index (χ2n) is 5.90. The van der Waals surface area contributed by atoms with Crippen LogP contribution in [0, 0.1) is 0 Å². The Hall–Kier alpha value is -2.60. The Morgan fingerprint density at radius 3 is 2.92 bits per heavy atom. The molecule has 0 aliphatic carbocycles. The Kier molecular flexibility index (Phi) is 5.85. The predicted molar refractivity (Wildman–Crippen MR) is 97.2 cm³/mol. The molecule has 1 aromatic carbocycles. The van der Waals surface area contributed by atoms with Crippen molar-refractivity contribution in [2.75, 3.05) is 43.6 Å². The number of aryl methyl sites for hydroxylation is 1. The van der Waals surface area contributed by atoms with E-state index in [9.17, 15) is 4.79 Å². The first-order chi connectivity index (χ1) is 12.2. The minimum absolute atomic E-state index is 0.0158. The number of ether oxygens (including phenoxy) is 2. The summed E-state index contributed by atoms with van der Waals surface area (Å²) in [6.07, 6.45) is 2.90. The molecule has 25 heavy (non-hydrogen) atoms. The van der Waals surface area contributed by atoms with Crippen LogP contribution in [0.15, 0.2) is 42.6 Å². The van der Waals surface area contributed by atoms with E-state index < -0.39 is 0 Å². The number of carbonyl (C=O) groups excluding carboxylic acids is 1. The summed E-state index contributed by atoms with van der Waals surface area (Å²) in [5, 5.41) is 2.90. The molecular formula is C19H23N3O3. The fourth-order valence-electron chi connectivity index (χ4n) is 2.76. The van der Waals surface area contributed by atoms with Gasteiger partial charge in [-0.1, -0.05) is 6.07 Å². The number of hydrogen-bond donors (Lipinski definition) is 1. The third-order valence-corrected chi connectivity index (χ3v) is 4.14. The number of nitrogens with zero attached hydrogens (tertiary/aromatic N) is 2. The van der Waals surface area contributed by atoms with E-state index in [-0.39, 0.29) is 5.91 Å². The average Bonchev–Trinajstić information content (AvgIpc) is 2.67. The molecule has 1 saturated heterocycles. The molecule has 0 bridgehead atoms. The van der Waals surface area contributed by atoms with Gasteiger partial charge in [0.05, 0.1) is 20.3 Å². The highest BCUT2D eigenvalue weighted by Gasteiger charge is 2.13. The zero-order valence-electron chi connectivity index (χ0n) is 14.4. The van der Waals surface area contributed by atoms with E-state index in [2.05, 4.69) is 21.3 Å². The molecule has 0 atom stereocenters. The molecule has 3 rings (SSSR count). The van der Waals surface area contributed by atoms with Crippen LogP contribution in [0.2, 0.25) is 0 Å². The summed E-state index contributed by atoms with van der Waals surface area (Å²) in [6, 6.07) is 11.4. The third kappa shape index (κ3) is 4.93. The van der Waals surface area contributed by atoms with Gasteiger partial charge in [0.25, 0.3) is 0 Å². The molecule has 0 radical (unpaired) electrons. The molecule has 1 aliphatic heterocycles. The maximum Gasteiger partial charge on any atom is 0.224 e. The number of hydrogen-bond acceptors (Lipinski definition) is 5. The lowest BCUT2D eigenvalue weighted by Gasteiger charge is -2.28. The van der Waals surface area contributed by atoms with Gasteiger partial charge in [0.15, 0.2) is 0 Å². The lowest BCUT2D eigenvalue weighted by Crippen LogP contribution is -2.36. The first-order valence-corrected chi connectivity index (χ1v) is 8.46. The zero-order valence-corrected chi connectivity index (χ0v) is 14.4. The van der Waals surface area contributed by atoms with Gasteiger partial charge in [-0.25, -0.2) is 4.98 Å². The van der Waals surface area contributed by atoms with E-state index in [0.29, 0.717) is 12.8 Å². The highest BCUT2D eigenvalue weighted by molar-refractivity contribution is 5.91. The lowest BCUT2D eigenvalue weighted by atomic mass is 10.1. The summed E-state index contributed by atoms with van der Waals surface area (Å²) in [4.78, 5) is 18.8. The number of amides is 1. The first kappa shape index (κ1) is 17.2. The van der Waals surface area contributed by atoms with Gasteiger partial charge in [0, 0.05) is 37.5 Å². The van der Waals surface area contributed by atoms with E-state index in [1.165, 1.54) is 0 Å². The van der Waals surface area contributed by atoms with E-state index in [1.54, 1.807) is 19.4 Å². The molecule has 0 unspecified atom stereocenters. The molecule has 1 N–H and O–H groups in total. The van der Waals surface area contributed by atoms with Gasteiger partial charge in [-0.15, -0.1) is 0 Å². The maximum atomic E-state index is 12.2. The summed E-state index contributed by atoms with van der Waals surface area (Å²) in [7, 11) is 1.61. The zero-order chi connectivity index (χ0) is 17.5. The maximum absolute atomic E-state index is 12.2. The fourth-order valence-corrected chi connectivity index (χ4v) is 2.76. The Labute approximate surface area is 147 Å². The van der Waals surface area contributed by atoms with Gasteiger partial charge in [0.1, 0.15) is 11.6 Å². The number of anilines is 2. The Morgan fingerprint density at radius 2 is 2.12 bits per heavy atom. The Balaban J connectivity index is 1.54. The molecule has 1 aliphatic rings. The van der Waals surface area contributed by atoms with Crippen LogP contribution in [0.1, 0.15) is 12.0 Å². The monoisotopic (exact) mass is 341 g/mol. The van der Waals surface area contributed by atoms with Crippen molar-refractivity contribution < 1.29 is 14.3 Å². The minimum Gasteiger partial charge on any atom is -0.497 e. The number of aromatic nitrogens is 1. The molecule has 0 saturated carbocycles. The van der Waals surface area contributed by atoms with Crippen molar-refractivity contribution in [3.63, 3.8) is 0 Å². The highest BCUT2D eigenvalue weighted by Crippen LogP contribution is 2.18. The summed E-state index contributed by atoms with van der Waals surface area (Å²) >= 11 is 0. The van der Waals surface area contributed by atoms with Gasteiger partial charge in [0.2, 0.25) is 5.91 Å². The third-order valence-electron chi connectivity index (χ3n) is 4.14. The number of carbonyl (C=O) groups is 1. The Morgan fingerprint density at radius 1 is 1.28 bits per heavy atom. The van der Waals surface area contributed by atoms with E-state index >= 15 is 0 Å². The van der Waals surface area contributed by atoms with Crippen molar-refractivity contribution >= 4 is 17.4 Å². The van der Waals surface area contributed by atoms with Gasteiger partial charge in [-0.2, -0.15) is 0 Å². The molecule has 1 amide bonds. The summed E-state index contributed by atoms with van der Waals surface area (Å²) in [5.41, 5.74) is 1.85. The molecule has 6 nitrogen and oxygen atoms in total. The van der Waals surface area contributed by atoms with Crippen LogP contribution < -0.4 is 15.0 Å². The molecule has 132 valence electrons. The molecule has 0 spiro atoms. The largest absolute Gasteiger partial charge is 0.497 e. The van der Waals surface area contributed by atoms with Gasteiger partial charge in [-0.05, 0) is 36.2 Å². The number of benzene rings is 1. The minimum atomic E-state index is -0.0158. The van der Waals surface area contributed by atoms with Gasteiger partial charge in [-0.3, -0.25) is 4.79 Å². The van der Waals surface area contributed by atoms with E-state index in [1.807, 2.05) is 24.3 Å². The quantitative estimate of drug-likeness (QED) is 0.875. The van der Waals surface area contributed by atoms with Gasteiger partial charge >= 0.3 is 0 Å². The van der Waals surface area contributed by atoms with Crippen LogP contribution in [0.3, 0.4) is 0 Å². The van der Waals surface area contributed by atoms with E-state index in [4.69, 9.17) is 9.47 Å². The van der Waals surface area contributed by atoms with Crippen LogP contribution in [0.25, 0.3) is 0 Å². The molecule has 2 heterocycles. The number of rotatable bonds is 6. The van der Waals surface area contributed by atoms with Crippen LogP contribution in [0.4, 0.5) is 11.5 Å². The number of pyridine rings is 1. The fraction of sp³-hybridized carbons (Fsp3) is 0.368. The van der Waals surface area contributed by atoms with Crippen LogP contribution >= 0.6 is 0 Å². The van der Waals surface area contributed by atoms with Crippen molar-refractivity contribution in [3.8, 4) is 5.75 Å².